The fraction of sp³-hybridized carbons (Fsp3) is 0.652. The Balaban J connectivity index is 1.47. The number of morpholine rings is 1. The summed E-state index contributed by atoms with van der Waals surface area (Å²) in [5.41, 5.74) is 0.894. The van der Waals surface area contributed by atoms with Crippen LogP contribution in [0.3, 0.4) is 0 Å². The van der Waals surface area contributed by atoms with Crippen LogP contribution in [0.15, 0.2) is 12.1 Å². The van der Waals surface area contributed by atoms with Gasteiger partial charge in [-0.1, -0.05) is 0 Å². The van der Waals surface area contributed by atoms with Gasteiger partial charge in [0.05, 0.1) is 33.0 Å². The molecule has 5 rings (SSSR count). The highest BCUT2D eigenvalue weighted by Crippen LogP contribution is 2.37. The first-order chi connectivity index (χ1) is 15.3. The lowest BCUT2D eigenvalue weighted by Crippen LogP contribution is -2.44. The van der Waals surface area contributed by atoms with Crippen LogP contribution in [-0.4, -0.2) is 87.6 Å². The third-order valence-corrected chi connectivity index (χ3v) is 6.88. The second kappa shape index (κ2) is 9.04. The van der Waals surface area contributed by atoms with Crippen molar-refractivity contribution in [3.63, 3.8) is 0 Å². The molecule has 0 radical (unpaired) electrons. The molecule has 0 amide bonds. The van der Waals surface area contributed by atoms with E-state index in [9.17, 15) is 0 Å². The number of piperidine rings is 1. The summed E-state index contributed by atoms with van der Waals surface area (Å²) >= 11 is 0. The first-order valence-electron chi connectivity index (χ1n) is 11.5. The molecule has 168 valence electrons. The normalized spacial score (nSPS) is 21.1. The predicted octanol–water partition coefficient (Wildman–Crippen LogP) is 2.55. The quantitative estimate of drug-likeness (QED) is 0.722. The molecule has 8 heteroatoms. The molecular weight excluding hydrogens is 394 g/mol. The molecule has 0 unspecified atom stereocenters. The molecule has 2 aromatic rings. The fourth-order valence-corrected chi connectivity index (χ4v) is 5.12. The number of nitrogens with zero attached hydrogens (tertiary/aromatic N) is 5. The molecule has 31 heavy (non-hydrogen) atoms. The van der Waals surface area contributed by atoms with E-state index in [1.54, 1.807) is 14.2 Å². The lowest BCUT2D eigenvalue weighted by Gasteiger charge is -2.37. The van der Waals surface area contributed by atoms with E-state index in [1.165, 1.54) is 38.8 Å². The summed E-state index contributed by atoms with van der Waals surface area (Å²) in [7, 11) is 3.33. The van der Waals surface area contributed by atoms with E-state index in [0.717, 1.165) is 62.1 Å². The Kier molecular flexibility index (Phi) is 6.00. The van der Waals surface area contributed by atoms with Gasteiger partial charge in [0.15, 0.2) is 11.5 Å². The standard InChI is InChI=1S/C23H33N5O3/c1-29-20-15-18-19(16-21(20)30-2)24-23(25-22(18)27-11-13-31-14-12-27)28-9-5-17(6-10-28)26-7-3-4-8-26/h15-17H,3-14H2,1-2H3. The minimum atomic E-state index is 0.695. The zero-order valence-electron chi connectivity index (χ0n) is 18.7. The van der Waals surface area contributed by atoms with Gasteiger partial charge in [-0.15, -0.1) is 0 Å². The topological polar surface area (TPSA) is 63.2 Å². The first-order valence-corrected chi connectivity index (χ1v) is 11.5. The zero-order chi connectivity index (χ0) is 21.2. The average Bonchev–Trinajstić information content (AvgIpc) is 3.38. The molecule has 0 atom stereocenters. The van der Waals surface area contributed by atoms with Crippen molar-refractivity contribution >= 4 is 22.7 Å². The average molecular weight is 428 g/mol. The van der Waals surface area contributed by atoms with Crippen molar-refractivity contribution in [3.05, 3.63) is 12.1 Å². The fourth-order valence-electron chi connectivity index (χ4n) is 5.12. The minimum Gasteiger partial charge on any atom is -0.493 e. The van der Waals surface area contributed by atoms with Gasteiger partial charge in [-0.05, 0) is 44.8 Å². The summed E-state index contributed by atoms with van der Waals surface area (Å²) in [4.78, 5) is 17.4. The van der Waals surface area contributed by atoms with Crippen molar-refractivity contribution in [1.29, 1.82) is 0 Å². The SMILES string of the molecule is COc1cc2nc(N3CCC(N4CCCC4)CC3)nc(N3CCOCC3)c2cc1OC. The van der Waals surface area contributed by atoms with Crippen LogP contribution in [0.1, 0.15) is 25.7 Å². The van der Waals surface area contributed by atoms with Crippen LogP contribution in [0.4, 0.5) is 11.8 Å². The molecule has 3 aliphatic heterocycles. The molecule has 0 aliphatic carbocycles. The van der Waals surface area contributed by atoms with Crippen LogP contribution < -0.4 is 19.3 Å². The summed E-state index contributed by atoms with van der Waals surface area (Å²) < 4.78 is 16.7. The summed E-state index contributed by atoms with van der Waals surface area (Å²) in [6.45, 7) is 7.63. The Bertz CT molecular complexity index is 904. The molecule has 1 aromatic heterocycles. The maximum atomic E-state index is 5.58. The molecule has 0 N–H and O–H groups in total. The van der Waals surface area contributed by atoms with Gasteiger partial charge in [-0.2, -0.15) is 4.98 Å². The molecule has 0 saturated carbocycles. The Morgan fingerprint density at radius 3 is 2.19 bits per heavy atom. The van der Waals surface area contributed by atoms with Gasteiger partial charge in [0.1, 0.15) is 5.82 Å². The molecule has 4 heterocycles. The van der Waals surface area contributed by atoms with E-state index in [1.807, 2.05) is 12.1 Å². The van der Waals surface area contributed by atoms with Crippen LogP contribution in [0, 0.1) is 0 Å². The Morgan fingerprint density at radius 1 is 0.839 bits per heavy atom. The highest BCUT2D eigenvalue weighted by Gasteiger charge is 2.28. The smallest absolute Gasteiger partial charge is 0.227 e. The number of rotatable bonds is 5. The van der Waals surface area contributed by atoms with Gasteiger partial charge < -0.3 is 28.9 Å². The van der Waals surface area contributed by atoms with Crippen molar-refractivity contribution in [2.45, 2.75) is 31.7 Å². The molecule has 8 nitrogen and oxygen atoms in total. The van der Waals surface area contributed by atoms with Gasteiger partial charge in [0.2, 0.25) is 5.95 Å². The third-order valence-electron chi connectivity index (χ3n) is 6.88. The molecule has 3 aliphatic rings. The van der Waals surface area contributed by atoms with E-state index in [0.29, 0.717) is 17.5 Å². The number of fused-ring (bicyclic) bond motifs is 1. The van der Waals surface area contributed by atoms with Crippen LogP contribution >= 0.6 is 0 Å². The van der Waals surface area contributed by atoms with Gasteiger partial charge in [0.25, 0.3) is 0 Å². The van der Waals surface area contributed by atoms with Gasteiger partial charge in [0, 0.05) is 43.7 Å². The van der Waals surface area contributed by atoms with Gasteiger partial charge in [-0.25, -0.2) is 4.98 Å². The van der Waals surface area contributed by atoms with Crippen molar-refractivity contribution in [2.24, 2.45) is 0 Å². The van der Waals surface area contributed by atoms with E-state index in [-0.39, 0.29) is 0 Å². The summed E-state index contributed by atoms with van der Waals surface area (Å²) in [5.74, 6) is 3.18. The Morgan fingerprint density at radius 2 is 1.52 bits per heavy atom. The minimum absolute atomic E-state index is 0.695. The lowest BCUT2D eigenvalue weighted by atomic mass is 10.0. The van der Waals surface area contributed by atoms with E-state index in [4.69, 9.17) is 24.2 Å². The summed E-state index contributed by atoms with van der Waals surface area (Å²) in [6.07, 6.45) is 5.06. The number of ether oxygens (including phenoxy) is 3. The maximum Gasteiger partial charge on any atom is 0.227 e. The number of methoxy groups -OCH3 is 2. The third kappa shape index (κ3) is 4.11. The van der Waals surface area contributed by atoms with Gasteiger partial charge in [-0.3, -0.25) is 0 Å². The Labute approximate surface area is 184 Å². The highest BCUT2D eigenvalue weighted by molar-refractivity contribution is 5.93. The number of benzene rings is 1. The molecule has 0 bridgehead atoms. The second-order valence-corrected chi connectivity index (χ2v) is 8.63. The van der Waals surface area contributed by atoms with Crippen LogP contribution in [0.2, 0.25) is 0 Å². The monoisotopic (exact) mass is 427 g/mol. The van der Waals surface area contributed by atoms with Gasteiger partial charge >= 0.3 is 0 Å². The molecule has 0 spiro atoms. The molecule has 3 saturated heterocycles. The molecule has 1 aromatic carbocycles. The van der Waals surface area contributed by atoms with Crippen molar-refractivity contribution in [3.8, 4) is 11.5 Å². The number of hydrogen-bond donors (Lipinski definition) is 0. The lowest BCUT2D eigenvalue weighted by molar-refractivity contribution is 0.122. The van der Waals surface area contributed by atoms with E-state index >= 15 is 0 Å². The first kappa shape index (κ1) is 20.6. The predicted molar refractivity (Wildman–Crippen MR) is 122 cm³/mol. The largest absolute Gasteiger partial charge is 0.493 e. The van der Waals surface area contributed by atoms with Crippen LogP contribution in [-0.2, 0) is 4.74 Å². The van der Waals surface area contributed by atoms with Crippen LogP contribution in [0.5, 0.6) is 11.5 Å². The molecule has 3 fully saturated rings. The van der Waals surface area contributed by atoms with Crippen LogP contribution in [0.25, 0.3) is 10.9 Å². The summed E-state index contributed by atoms with van der Waals surface area (Å²) in [6, 6.07) is 4.69. The van der Waals surface area contributed by atoms with Crippen molar-refractivity contribution < 1.29 is 14.2 Å². The number of likely N-dealkylation sites (tertiary alicyclic amines) is 1. The summed E-state index contributed by atoms with van der Waals surface area (Å²) in [5, 5.41) is 0.996. The number of anilines is 2. The zero-order valence-corrected chi connectivity index (χ0v) is 18.7. The Hall–Kier alpha value is -2.32. The van der Waals surface area contributed by atoms with E-state index < -0.39 is 0 Å². The van der Waals surface area contributed by atoms with Crippen molar-refractivity contribution in [2.75, 3.05) is 76.5 Å². The maximum absolute atomic E-state index is 5.58. The number of aromatic nitrogens is 2. The van der Waals surface area contributed by atoms with Crippen molar-refractivity contribution in [1.82, 2.24) is 14.9 Å². The highest BCUT2D eigenvalue weighted by atomic mass is 16.5. The van der Waals surface area contributed by atoms with E-state index in [2.05, 4.69) is 14.7 Å². The number of hydrogen-bond acceptors (Lipinski definition) is 8. The second-order valence-electron chi connectivity index (χ2n) is 8.63. The molecular formula is C23H33N5O3.